The Bertz CT molecular complexity index is 1160. The maximum absolute atomic E-state index is 12.8. The van der Waals surface area contributed by atoms with E-state index in [4.69, 9.17) is 4.98 Å². The molecule has 1 saturated carbocycles. The van der Waals surface area contributed by atoms with Crippen LogP contribution < -0.4 is 0 Å². The largest absolute Gasteiger partial charge is 0.342 e. The Balaban J connectivity index is 1.36. The lowest BCUT2D eigenvalue weighted by Crippen LogP contribution is -2.40. The quantitative estimate of drug-likeness (QED) is 0.534. The highest BCUT2D eigenvalue weighted by Crippen LogP contribution is 2.44. The number of hydrogen-bond acceptors (Lipinski definition) is 6. The monoisotopic (exact) mass is 455 g/mol. The molecule has 0 N–H and O–H groups in total. The Morgan fingerprint density at radius 2 is 2.03 bits per heavy atom. The second kappa shape index (κ2) is 7.73. The lowest BCUT2D eigenvalue weighted by molar-refractivity contribution is -0.130. The standard InChI is InChI=1S/C23H29N5OS2/c1-13-5-8-16-17(10-13)31-22-19(16)21-25-26-23(28(21)20(24-22)15-6-7-15)30-12-18(29)27-9-3-4-14(2)11-27/h13-15H,3-12H2,1-2H3. The molecule has 8 heteroatoms. The molecule has 4 heterocycles. The zero-order chi connectivity index (χ0) is 21.1. The highest BCUT2D eigenvalue weighted by molar-refractivity contribution is 7.99. The second-order valence-corrected chi connectivity index (χ2v) is 11.8. The number of piperidine rings is 1. The van der Waals surface area contributed by atoms with Gasteiger partial charge in [-0.25, -0.2) is 4.98 Å². The molecule has 6 rings (SSSR count). The molecule has 0 radical (unpaired) electrons. The number of likely N-dealkylation sites (tertiary alicyclic amines) is 1. The van der Waals surface area contributed by atoms with Crippen molar-refractivity contribution < 1.29 is 4.79 Å². The van der Waals surface area contributed by atoms with Crippen molar-refractivity contribution in [2.45, 2.75) is 69.9 Å². The molecule has 0 bridgehead atoms. The molecule has 2 atom stereocenters. The summed E-state index contributed by atoms with van der Waals surface area (Å²) in [6, 6.07) is 0. The molecular formula is C23H29N5OS2. The maximum Gasteiger partial charge on any atom is 0.233 e. The zero-order valence-corrected chi connectivity index (χ0v) is 19.9. The van der Waals surface area contributed by atoms with Gasteiger partial charge in [0.1, 0.15) is 10.7 Å². The summed E-state index contributed by atoms with van der Waals surface area (Å²) in [6.45, 7) is 6.35. The first-order valence-electron chi connectivity index (χ1n) is 11.7. The first kappa shape index (κ1) is 20.0. The maximum atomic E-state index is 12.8. The van der Waals surface area contributed by atoms with Crippen LogP contribution in [0.5, 0.6) is 0 Å². The van der Waals surface area contributed by atoms with Gasteiger partial charge in [-0.15, -0.1) is 21.5 Å². The van der Waals surface area contributed by atoms with Crippen LogP contribution in [0.2, 0.25) is 0 Å². The van der Waals surface area contributed by atoms with Gasteiger partial charge < -0.3 is 4.90 Å². The van der Waals surface area contributed by atoms with E-state index in [2.05, 4.69) is 28.4 Å². The molecule has 1 aliphatic heterocycles. The molecular weight excluding hydrogens is 426 g/mol. The molecule has 164 valence electrons. The number of hydrogen-bond donors (Lipinski definition) is 0. The number of rotatable bonds is 4. The highest BCUT2D eigenvalue weighted by Gasteiger charge is 2.32. The van der Waals surface area contributed by atoms with Crippen LogP contribution in [0.4, 0.5) is 0 Å². The number of aryl methyl sites for hydroxylation is 1. The van der Waals surface area contributed by atoms with Crippen molar-refractivity contribution in [3.63, 3.8) is 0 Å². The molecule has 2 unspecified atom stereocenters. The van der Waals surface area contributed by atoms with Gasteiger partial charge in [0.05, 0.1) is 11.1 Å². The minimum absolute atomic E-state index is 0.220. The predicted octanol–water partition coefficient (Wildman–Crippen LogP) is 4.69. The summed E-state index contributed by atoms with van der Waals surface area (Å²) in [5.41, 5.74) is 2.40. The number of carbonyl (C=O) groups is 1. The van der Waals surface area contributed by atoms with Crippen LogP contribution in [0.25, 0.3) is 15.9 Å². The smallest absolute Gasteiger partial charge is 0.233 e. The van der Waals surface area contributed by atoms with E-state index < -0.39 is 0 Å². The van der Waals surface area contributed by atoms with Crippen LogP contribution in [0.3, 0.4) is 0 Å². The van der Waals surface area contributed by atoms with Crippen molar-refractivity contribution >= 4 is 44.9 Å². The molecule has 1 saturated heterocycles. The SMILES string of the molecule is CC1CCc2c(sc3nc(C4CC4)n4c(SCC(=O)N5CCCC(C)C5)nnc4c23)C1. The highest BCUT2D eigenvalue weighted by atomic mass is 32.2. The Morgan fingerprint density at radius 3 is 2.84 bits per heavy atom. The number of amides is 1. The summed E-state index contributed by atoms with van der Waals surface area (Å²) in [5, 5.41) is 11.3. The molecule has 2 aliphatic carbocycles. The molecule has 3 aliphatic rings. The topological polar surface area (TPSA) is 63.4 Å². The van der Waals surface area contributed by atoms with Gasteiger partial charge in [0.25, 0.3) is 0 Å². The number of thioether (sulfide) groups is 1. The number of carbonyl (C=O) groups excluding carboxylic acids is 1. The van der Waals surface area contributed by atoms with Crippen LogP contribution in [0.1, 0.15) is 68.1 Å². The van der Waals surface area contributed by atoms with Crippen molar-refractivity contribution in [3.8, 4) is 0 Å². The first-order chi connectivity index (χ1) is 15.1. The Labute approximate surface area is 190 Å². The van der Waals surface area contributed by atoms with Crippen LogP contribution in [-0.4, -0.2) is 49.2 Å². The van der Waals surface area contributed by atoms with Gasteiger partial charge >= 0.3 is 0 Å². The van der Waals surface area contributed by atoms with Crippen molar-refractivity contribution in [2.24, 2.45) is 11.8 Å². The zero-order valence-electron chi connectivity index (χ0n) is 18.3. The molecule has 1 amide bonds. The fourth-order valence-corrected chi connectivity index (χ4v) is 7.41. The minimum atomic E-state index is 0.220. The fourth-order valence-electron chi connectivity index (χ4n) is 5.18. The van der Waals surface area contributed by atoms with Crippen LogP contribution in [0.15, 0.2) is 5.16 Å². The summed E-state index contributed by atoms with van der Waals surface area (Å²) in [5.74, 6) is 3.58. The van der Waals surface area contributed by atoms with Crippen molar-refractivity contribution in [1.82, 2.24) is 24.5 Å². The third-order valence-corrected chi connectivity index (χ3v) is 9.13. The fraction of sp³-hybridized carbons (Fsp3) is 0.652. The number of thiophene rings is 1. The molecule has 0 aromatic carbocycles. The van der Waals surface area contributed by atoms with Crippen LogP contribution >= 0.6 is 23.1 Å². The van der Waals surface area contributed by atoms with E-state index in [1.807, 2.05) is 16.2 Å². The van der Waals surface area contributed by atoms with Gasteiger partial charge in [0, 0.05) is 23.9 Å². The van der Waals surface area contributed by atoms with E-state index >= 15 is 0 Å². The van der Waals surface area contributed by atoms with Crippen LogP contribution in [-0.2, 0) is 17.6 Å². The summed E-state index contributed by atoms with van der Waals surface area (Å²) in [7, 11) is 0. The van der Waals surface area contributed by atoms with Crippen LogP contribution in [0, 0.1) is 11.8 Å². The number of nitrogens with zero attached hydrogens (tertiary/aromatic N) is 5. The summed E-state index contributed by atoms with van der Waals surface area (Å²) < 4.78 is 2.18. The predicted molar refractivity (Wildman–Crippen MR) is 125 cm³/mol. The van der Waals surface area contributed by atoms with E-state index in [1.54, 1.807) is 0 Å². The van der Waals surface area contributed by atoms with Crippen molar-refractivity contribution in [2.75, 3.05) is 18.8 Å². The molecule has 3 aromatic rings. The molecule has 31 heavy (non-hydrogen) atoms. The van der Waals surface area contributed by atoms with E-state index in [0.717, 1.165) is 59.7 Å². The summed E-state index contributed by atoms with van der Waals surface area (Å²) in [4.78, 5) is 22.6. The van der Waals surface area contributed by atoms with Gasteiger partial charge in [0.15, 0.2) is 10.8 Å². The first-order valence-corrected chi connectivity index (χ1v) is 13.5. The summed E-state index contributed by atoms with van der Waals surface area (Å²) in [6.07, 6.45) is 8.19. The van der Waals surface area contributed by atoms with Gasteiger partial charge in [-0.05, 0) is 62.3 Å². The molecule has 0 spiro atoms. The molecule has 2 fully saturated rings. The third kappa shape index (κ3) is 3.55. The van der Waals surface area contributed by atoms with E-state index in [0.29, 0.717) is 17.6 Å². The number of fused-ring (bicyclic) bond motifs is 5. The van der Waals surface area contributed by atoms with Crippen molar-refractivity contribution in [3.05, 3.63) is 16.3 Å². The second-order valence-electron chi connectivity index (χ2n) is 9.79. The van der Waals surface area contributed by atoms with E-state index in [1.165, 1.54) is 53.3 Å². The average Bonchev–Trinajstić information content (AvgIpc) is 3.42. The Kier molecular flexibility index (Phi) is 4.98. The molecule has 3 aromatic heterocycles. The van der Waals surface area contributed by atoms with Gasteiger partial charge in [-0.2, -0.15) is 0 Å². The van der Waals surface area contributed by atoms with Gasteiger partial charge in [-0.1, -0.05) is 25.6 Å². The lowest BCUT2D eigenvalue weighted by atomic mass is 9.89. The van der Waals surface area contributed by atoms with Gasteiger partial charge in [0.2, 0.25) is 5.91 Å². The van der Waals surface area contributed by atoms with E-state index in [9.17, 15) is 4.79 Å². The number of aromatic nitrogens is 4. The van der Waals surface area contributed by atoms with E-state index in [-0.39, 0.29) is 5.91 Å². The van der Waals surface area contributed by atoms with Gasteiger partial charge in [-0.3, -0.25) is 9.20 Å². The Morgan fingerprint density at radius 1 is 1.16 bits per heavy atom. The normalized spacial score (nSPS) is 24.1. The third-order valence-electron chi connectivity index (χ3n) is 7.07. The molecule has 6 nitrogen and oxygen atoms in total. The lowest BCUT2D eigenvalue weighted by Gasteiger charge is -2.30. The Hall–Kier alpha value is -1.67. The van der Waals surface area contributed by atoms with Crippen molar-refractivity contribution in [1.29, 1.82) is 0 Å². The summed E-state index contributed by atoms with van der Waals surface area (Å²) >= 11 is 3.39. The average molecular weight is 456 g/mol. The minimum Gasteiger partial charge on any atom is -0.342 e.